The SMILES string of the molecule is O=CNc1ccc(-c2cccc(CO)c2)cc1. The van der Waals surface area contributed by atoms with E-state index in [2.05, 4.69) is 5.32 Å². The first kappa shape index (κ1) is 11.4. The largest absolute Gasteiger partial charge is 0.392 e. The van der Waals surface area contributed by atoms with Crippen molar-refractivity contribution < 1.29 is 9.90 Å². The molecule has 0 aliphatic heterocycles. The maximum Gasteiger partial charge on any atom is 0.211 e. The summed E-state index contributed by atoms with van der Waals surface area (Å²) in [5.41, 5.74) is 3.76. The topological polar surface area (TPSA) is 49.3 Å². The Bertz CT molecular complexity index is 506. The Morgan fingerprint density at radius 3 is 2.47 bits per heavy atom. The van der Waals surface area contributed by atoms with Crippen molar-refractivity contribution in [3.8, 4) is 11.1 Å². The van der Waals surface area contributed by atoms with Gasteiger partial charge in [0.15, 0.2) is 0 Å². The predicted octanol–water partition coefficient (Wildman–Crippen LogP) is 2.41. The normalized spacial score (nSPS) is 9.94. The van der Waals surface area contributed by atoms with E-state index in [1.807, 2.05) is 48.5 Å². The van der Waals surface area contributed by atoms with Gasteiger partial charge in [0.1, 0.15) is 0 Å². The van der Waals surface area contributed by atoms with E-state index in [0.717, 1.165) is 22.4 Å². The van der Waals surface area contributed by atoms with Crippen LogP contribution < -0.4 is 5.32 Å². The van der Waals surface area contributed by atoms with Crippen LogP contribution in [0.1, 0.15) is 5.56 Å². The van der Waals surface area contributed by atoms with Gasteiger partial charge in [-0.2, -0.15) is 0 Å². The highest BCUT2D eigenvalue weighted by Gasteiger charge is 1.99. The summed E-state index contributed by atoms with van der Waals surface area (Å²) < 4.78 is 0. The molecule has 0 spiro atoms. The minimum Gasteiger partial charge on any atom is -0.392 e. The average Bonchev–Trinajstić information content (AvgIpc) is 2.40. The number of rotatable bonds is 4. The monoisotopic (exact) mass is 227 g/mol. The van der Waals surface area contributed by atoms with Crippen molar-refractivity contribution in [3.63, 3.8) is 0 Å². The van der Waals surface area contributed by atoms with Crippen LogP contribution in [-0.2, 0) is 11.4 Å². The summed E-state index contributed by atoms with van der Waals surface area (Å²) in [6.07, 6.45) is 0.654. The van der Waals surface area contributed by atoms with Crippen molar-refractivity contribution >= 4 is 12.1 Å². The number of carbonyl (C=O) groups excluding carboxylic acids is 1. The van der Waals surface area contributed by atoms with E-state index in [-0.39, 0.29) is 6.61 Å². The molecular formula is C14H13NO2. The second-order valence-electron chi connectivity index (χ2n) is 3.70. The summed E-state index contributed by atoms with van der Waals surface area (Å²) in [6.45, 7) is 0.0403. The van der Waals surface area contributed by atoms with Gasteiger partial charge in [0.25, 0.3) is 0 Å². The van der Waals surface area contributed by atoms with Crippen molar-refractivity contribution in [2.45, 2.75) is 6.61 Å². The van der Waals surface area contributed by atoms with E-state index in [0.29, 0.717) is 6.41 Å². The molecule has 2 aromatic carbocycles. The zero-order valence-corrected chi connectivity index (χ0v) is 9.26. The lowest BCUT2D eigenvalue weighted by atomic mass is 10.0. The first-order valence-electron chi connectivity index (χ1n) is 5.34. The quantitative estimate of drug-likeness (QED) is 0.788. The zero-order valence-electron chi connectivity index (χ0n) is 9.26. The van der Waals surface area contributed by atoms with E-state index < -0.39 is 0 Å². The van der Waals surface area contributed by atoms with Crippen molar-refractivity contribution in [2.24, 2.45) is 0 Å². The van der Waals surface area contributed by atoms with E-state index >= 15 is 0 Å². The molecule has 86 valence electrons. The van der Waals surface area contributed by atoms with Crippen LogP contribution in [0.2, 0.25) is 0 Å². The van der Waals surface area contributed by atoms with Gasteiger partial charge in [-0.15, -0.1) is 0 Å². The van der Waals surface area contributed by atoms with Gasteiger partial charge in [-0.3, -0.25) is 4.79 Å². The molecule has 0 bridgehead atoms. The molecule has 2 aromatic rings. The van der Waals surface area contributed by atoms with Crippen molar-refractivity contribution in [2.75, 3.05) is 5.32 Å². The molecule has 0 heterocycles. The van der Waals surface area contributed by atoms with Gasteiger partial charge >= 0.3 is 0 Å². The van der Waals surface area contributed by atoms with Crippen LogP contribution in [-0.4, -0.2) is 11.5 Å². The lowest BCUT2D eigenvalue weighted by Crippen LogP contribution is -1.92. The standard InChI is InChI=1S/C14H13NO2/c16-9-11-2-1-3-13(8-11)12-4-6-14(7-5-12)15-10-17/h1-8,10,16H,9H2,(H,15,17). The van der Waals surface area contributed by atoms with Gasteiger partial charge in [-0.25, -0.2) is 0 Å². The third kappa shape index (κ3) is 2.71. The van der Waals surface area contributed by atoms with Gasteiger partial charge in [0.2, 0.25) is 6.41 Å². The molecule has 1 amide bonds. The van der Waals surface area contributed by atoms with E-state index in [4.69, 9.17) is 5.11 Å². The maximum absolute atomic E-state index is 10.3. The summed E-state index contributed by atoms with van der Waals surface area (Å²) in [7, 11) is 0. The van der Waals surface area contributed by atoms with Crippen LogP contribution in [0, 0.1) is 0 Å². The molecule has 0 fully saturated rings. The molecule has 2 rings (SSSR count). The molecule has 3 heteroatoms. The fourth-order valence-electron chi connectivity index (χ4n) is 1.68. The molecule has 2 N–H and O–H groups in total. The van der Waals surface area contributed by atoms with Crippen LogP contribution in [0.3, 0.4) is 0 Å². The van der Waals surface area contributed by atoms with Crippen LogP contribution in [0.25, 0.3) is 11.1 Å². The third-order valence-electron chi connectivity index (χ3n) is 2.55. The molecule has 0 aliphatic carbocycles. The maximum atomic E-state index is 10.3. The number of nitrogens with one attached hydrogen (secondary N) is 1. The first-order valence-corrected chi connectivity index (χ1v) is 5.34. The number of amides is 1. The van der Waals surface area contributed by atoms with Gasteiger partial charge < -0.3 is 10.4 Å². The third-order valence-corrected chi connectivity index (χ3v) is 2.55. The summed E-state index contributed by atoms with van der Waals surface area (Å²) in [6, 6.07) is 15.3. The highest BCUT2D eigenvalue weighted by molar-refractivity contribution is 5.73. The Balaban J connectivity index is 2.29. The average molecular weight is 227 g/mol. The Morgan fingerprint density at radius 2 is 1.82 bits per heavy atom. The smallest absolute Gasteiger partial charge is 0.211 e. The summed E-state index contributed by atoms with van der Waals surface area (Å²) >= 11 is 0. The molecule has 0 saturated heterocycles. The second kappa shape index (κ2) is 5.27. The predicted molar refractivity (Wildman–Crippen MR) is 67.5 cm³/mol. The fourth-order valence-corrected chi connectivity index (χ4v) is 1.68. The lowest BCUT2D eigenvalue weighted by molar-refractivity contribution is -0.105. The fraction of sp³-hybridized carbons (Fsp3) is 0.0714. The van der Waals surface area contributed by atoms with Gasteiger partial charge in [0.05, 0.1) is 6.61 Å². The number of hydrogen-bond donors (Lipinski definition) is 2. The van der Waals surface area contributed by atoms with E-state index in [1.165, 1.54) is 0 Å². The number of aliphatic hydroxyl groups excluding tert-OH is 1. The Hall–Kier alpha value is -2.13. The number of carbonyl (C=O) groups is 1. The molecule has 0 aliphatic rings. The highest BCUT2D eigenvalue weighted by Crippen LogP contribution is 2.22. The minimum atomic E-state index is 0.0403. The molecule has 3 nitrogen and oxygen atoms in total. The van der Waals surface area contributed by atoms with Crippen LogP contribution in [0.15, 0.2) is 48.5 Å². The minimum absolute atomic E-state index is 0.0403. The van der Waals surface area contributed by atoms with Crippen LogP contribution >= 0.6 is 0 Å². The van der Waals surface area contributed by atoms with E-state index in [9.17, 15) is 4.79 Å². The first-order chi connectivity index (χ1) is 8.33. The Kier molecular flexibility index (Phi) is 3.52. The van der Waals surface area contributed by atoms with Gasteiger partial charge in [-0.05, 0) is 34.9 Å². The molecular weight excluding hydrogens is 214 g/mol. The number of anilines is 1. The van der Waals surface area contributed by atoms with Crippen LogP contribution in [0.5, 0.6) is 0 Å². The molecule has 0 radical (unpaired) electrons. The molecule has 0 atom stereocenters. The van der Waals surface area contributed by atoms with Crippen molar-refractivity contribution in [1.29, 1.82) is 0 Å². The highest BCUT2D eigenvalue weighted by atomic mass is 16.3. The number of aliphatic hydroxyl groups is 1. The molecule has 0 unspecified atom stereocenters. The Labute approximate surface area is 99.7 Å². The van der Waals surface area contributed by atoms with Gasteiger partial charge in [0, 0.05) is 5.69 Å². The van der Waals surface area contributed by atoms with Gasteiger partial charge in [-0.1, -0.05) is 30.3 Å². The Morgan fingerprint density at radius 1 is 1.06 bits per heavy atom. The summed E-state index contributed by atoms with van der Waals surface area (Å²) in [5, 5.41) is 11.7. The summed E-state index contributed by atoms with van der Waals surface area (Å²) in [5.74, 6) is 0. The van der Waals surface area contributed by atoms with Crippen LogP contribution in [0.4, 0.5) is 5.69 Å². The second-order valence-corrected chi connectivity index (χ2v) is 3.70. The molecule has 0 aromatic heterocycles. The lowest BCUT2D eigenvalue weighted by Gasteiger charge is -2.05. The zero-order chi connectivity index (χ0) is 12.1. The number of hydrogen-bond acceptors (Lipinski definition) is 2. The van der Waals surface area contributed by atoms with Crippen molar-refractivity contribution in [3.05, 3.63) is 54.1 Å². The molecule has 0 saturated carbocycles. The summed E-state index contributed by atoms with van der Waals surface area (Å²) in [4.78, 5) is 10.3. The van der Waals surface area contributed by atoms with E-state index in [1.54, 1.807) is 0 Å². The molecule has 17 heavy (non-hydrogen) atoms. The number of benzene rings is 2. The van der Waals surface area contributed by atoms with Crippen molar-refractivity contribution in [1.82, 2.24) is 0 Å².